The van der Waals surface area contributed by atoms with Gasteiger partial charge in [-0.2, -0.15) is 0 Å². The first-order valence-corrected chi connectivity index (χ1v) is 26.9. The van der Waals surface area contributed by atoms with E-state index in [9.17, 15) is 29.1 Å². The molecule has 74 heavy (non-hydrogen) atoms. The first kappa shape index (κ1) is 52.0. The van der Waals surface area contributed by atoms with Crippen molar-refractivity contribution in [3.05, 3.63) is 101 Å². The number of hydrogen-bond donors (Lipinski definition) is 5. The average molecular weight is 1040 g/mol. The molecule has 3 atom stereocenters. The summed E-state index contributed by atoms with van der Waals surface area (Å²) in [5.74, 6) is -0.805. The molecule has 3 aliphatic rings. The summed E-state index contributed by atoms with van der Waals surface area (Å²) in [6.45, 7) is 12.2. The summed E-state index contributed by atoms with van der Waals surface area (Å²) in [4.78, 5) is 92.3. The second-order valence-electron chi connectivity index (χ2n) is 20.4. The number of ether oxygens (including phenoxy) is 1. The summed E-state index contributed by atoms with van der Waals surface area (Å²) >= 11 is 2.96. The number of aryl methyl sites for hydroxylation is 2. The van der Waals surface area contributed by atoms with Gasteiger partial charge in [-0.1, -0.05) is 68.9 Å². The van der Waals surface area contributed by atoms with Gasteiger partial charge in [-0.3, -0.25) is 34.4 Å². The van der Waals surface area contributed by atoms with Crippen LogP contribution < -0.4 is 26.2 Å². The maximum absolute atomic E-state index is 14.2. The number of piperazine rings is 1. The molecule has 6 aromatic rings. The van der Waals surface area contributed by atoms with Crippen LogP contribution in [-0.4, -0.2) is 128 Å². The lowest BCUT2D eigenvalue weighted by atomic mass is 9.85. The molecule has 0 bridgehead atoms. The summed E-state index contributed by atoms with van der Waals surface area (Å²) in [7, 11) is 0. The molecule has 388 valence electrons. The second-order valence-corrected chi connectivity index (χ2v) is 22.3. The quantitative estimate of drug-likeness (QED) is 0.0712. The van der Waals surface area contributed by atoms with E-state index in [4.69, 9.17) is 4.74 Å². The number of fused-ring (bicyclic) bond motifs is 1. The lowest BCUT2D eigenvalue weighted by molar-refractivity contribution is -0.142. The standard InChI is InChI=1S/C54H63N11O7S2/c1-32-42(60-53(71)72-40-9-7-6-8-10-40)23-38(28-55-32)36-15-17-41-44(24-36)74-52(59-41)61-46(67)30-63-19-21-64(22-20-63)45-18-16-37(27-56-45)49(68)62-48(54(3,4)5)51(70)65-29-39(66)25-43(65)50(69)57-26-34-11-13-35(14-12-34)47-33(2)58-31-73-47/h11-18,23-24,27-28,31,39-40,43,48,66H,6-10,19-22,25-26,29-30H2,1-5H3,(H,57,69)(H,60,71)(H,62,68)(H,59,61,67)/t39-,43+,48?/m1/s1. The normalized spacial score (nSPS) is 18.0. The van der Waals surface area contributed by atoms with E-state index in [1.165, 1.54) is 28.9 Å². The number of nitrogens with zero attached hydrogens (tertiary/aromatic N) is 7. The highest BCUT2D eigenvalue weighted by molar-refractivity contribution is 7.22. The molecule has 1 saturated carbocycles. The molecule has 6 heterocycles. The summed E-state index contributed by atoms with van der Waals surface area (Å²) < 4.78 is 6.56. The average Bonchev–Trinajstić information content (AvgIpc) is 4.13. The van der Waals surface area contributed by atoms with E-state index < -0.39 is 41.5 Å². The molecule has 2 aliphatic heterocycles. The van der Waals surface area contributed by atoms with Crippen molar-refractivity contribution in [1.82, 2.24) is 40.4 Å². The first-order valence-electron chi connectivity index (χ1n) is 25.2. The number of aromatic nitrogens is 4. The van der Waals surface area contributed by atoms with Gasteiger partial charge in [-0.25, -0.2) is 19.7 Å². The Morgan fingerprint density at radius 1 is 0.838 bits per heavy atom. The number of aliphatic hydroxyl groups is 1. The Balaban J connectivity index is 0.741. The molecule has 0 spiro atoms. The Bertz CT molecular complexity index is 3000. The van der Waals surface area contributed by atoms with E-state index in [1.807, 2.05) is 88.7 Å². The van der Waals surface area contributed by atoms with Crippen LogP contribution in [0.5, 0.6) is 0 Å². The van der Waals surface area contributed by atoms with Crippen molar-refractivity contribution in [3.63, 3.8) is 0 Å². The van der Waals surface area contributed by atoms with Crippen LogP contribution in [0.2, 0.25) is 0 Å². The van der Waals surface area contributed by atoms with Gasteiger partial charge >= 0.3 is 6.09 Å². The summed E-state index contributed by atoms with van der Waals surface area (Å²) in [5.41, 5.74) is 8.00. The van der Waals surface area contributed by atoms with Crippen molar-refractivity contribution in [3.8, 4) is 21.6 Å². The minimum absolute atomic E-state index is 0.0303. The van der Waals surface area contributed by atoms with Crippen LogP contribution in [0.4, 0.5) is 21.4 Å². The van der Waals surface area contributed by atoms with Crippen LogP contribution in [0, 0.1) is 19.3 Å². The van der Waals surface area contributed by atoms with Crippen LogP contribution in [0.1, 0.15) is 86.6 Å². The molecule has 1 aliphatic carbocycles. The number of rotatable bonds is 14. The van der Waals surface area contributed by atoms with E-state index in [2.05, 4.69) is 51.0 Å². The van der Waals surface area contributed by atoms with Gasteiger partial charge in [-0.05, 0) is 92.0 Å². The fraction of sp³-hybridized carbons (Fsp3) is 0.426. The second kappa shape index (κ2) is 22.7. The third-order valence-electron chi connectivity index (χ3n) is 13.9. The van der Waals surface area contributed by atoms with Crippen LogP contribution in [0.15, 0.2) is 78.6 Å². The molecule has 5 N–H and O–H groups in total. The topological polar surface area (TPSA) is 224 Å². The molecule has 4 aromatic heterocycles. The number of thiazole rings is 2. The van der Waals surface area contributed by atoms with Crippen molar-refractivity contribution in [2.24, 2.45) is 5.41 Å². The number of carbonyl (C=O) groups excluding carboxylic acids is 5. The van der Waals surface area contributed by atoms with Crippen molar-refractivity contribution >= 4 is 79.2 Å². The van der Waals surface area contributed by atoms with Gasteiger partial charge in [0.15, 0.2) is 5.13 Å². The Kier molecular flexibility index (Phi) is 16.0. The van der Waals surface area contributed by atoms with Crippen LogP contribution in [-0.2, 0) is 25.7 Å². The van der Waals surface area contributed by atoms with Crippen LogP contribution >= 0.6 is 22.7 Å². The van der Waals surface area contributed by atoms with Gasteiger partial charge in [0, 0.05) is 63.6 Å². The third-order valence-corrected chi connectivity index (χ3v) is 15.8. The van der Waals surface area contributed by atoms with Crippen molar-refractivity contribution in [2.45, 2.75) is 104 Å². The van der Waals surface area contributed by atoms with Crippen molar-refractivity contribution in [1.29, 1.82) is 0 Å². The Labute approximate surface area is 438 Å². The van der Waals surface area contributed by atoms with Gasteiger partial charge in [0.1, 0.15) is 24.0 Å². The largest absolute Gasteiger partial charge is 0.446 e. The SMILES string of the molecule is Cc1ncc(-c2ccc3nc(NC(=O)CN4CCN(c5ccc(C(=O)NC(C(=O)N6C[C@H](O)C[C@H]6C(=O)NCc6ccc(-c7scnc7C)cc6)C(C)(C)C)cn5)CC4)sc3c2)cc1NC(=O)OC1CCCCC1. The molecule has 18 nitrogen and oxygen atoms in total. The minimum Gasteiger partial charge on any atom is -0.446 e. The van der Waals surface area contributed by atoms with Crippen molar-refractivity contribution in [2.75, 3.05) is 54.8 Å². The van der Waals surface area contributed by atoms with Gasteiger partial charge in [0.2, 0.25) is 17.7 Å². The molecule has 5 amide bonds. The summed E-state index contributed by atoms with van der Waals surface area (Å²) in [6, 6.07) is 17.2. The molecular formula is C54H63N11O7S2. The number of carbonyl (C=O) groups is 5. The van der Waals surface area contributed by atoms with E-state index in [0.717, 1.165) is 68.7 Å². The summed E-state index contributed by atoms with van der Waals surface area (Å²) in [5, 5.41) is 22.9. The number of β-amino-alcohol motifs (C(OH)–C–C–N with tert-alkyl or cyclic N) is 1. The van der Waals surface area contributed by atoms with E-state index >= 15 is 0 Å². The van der Waals surface area contributed by atoms with Crippen LogP contribution in [0.25, 0.3) is 31.8 Å². The monoisotopic (exact) mass is 1040 g/mol. The molecular weight excluding hydrogens is 979 g/mol. The Hall–Kier alpha value is -6.87. The summed E-state index contributed by atoms with van der Waals surface area (Å²) in [6.07, 6.45) is 7.03. The highest BCUT2D eigenvalue weighted by Gasteiger charge is 2.44. The highest BCUT2D eigenvalue weighted by atomic mass is 32.1. The smallest absolute Gasteiger partial charge is 0.411 e. The molecule has 3 fully saturated rings. The lowest BCUT2D eigenvalue weighted by Crippen LogP contribution is -2.57. The minimum atomic E-state index is -1.00. The predicted octanol–water partition coefficient (Wildman–Crippen LogP) is 7.56. The predicted molar refractivity (Wildman–Crippen MR) is 287 cm³/mol. The number of aliphatic hydroxyl groups excluding tert-OH is 1. The number of benzene rings is 2. The maximum Gasteiger partial charge on any atom is 0.411 e. The third kappa shape index (κ3) is 12.5. The molecule has 20 heteroatoms. The van der Waals surface area contributed by atoms with E-state index in [-0.39, 0.29) is 49.5 Å². The Morgan fingerprint density at radius 3 is 2.30 bits per heavy atom. The zero-order valence-electron chi connectivity index (χ0n) is 42.4. The molecule has 2 saturated heterocycles. The number of pyridine rings is 2. The highest BCUT2D eigenvalue weighted by Crippen LogP contribution is 2.33. The number of amides is 5. The number of likely N-dealkylation sites (tertiary alicyclic amines) is 1. The number of hydrogen-bond acceptors (Lipinski definition) is 15. The van der Waals surface area contributed by atoms with Gasteiger partial charge in [0.05, 0.1) is 55.9 Å². The molecule has 2 aromatic carbocycles. The van der Waals surface area contributed by atoms with Crippen molar-refractivity contribution < 1.29 is 33.8 Å². The van der Waals surface area contributed by atoms with Crippen LogP contribution in [0.3, 0.4) is 0 Å². The zero-order chi connectivity index (χ0) is 52.1. The van der Waals surface area contributed by atoms with E-state index in [0.29, 0.717) is 48.5 Å². The van der Waals surface area contributed by atoms with E-state index in [1.54, 1.807) is 29.7 Å². The lowest BCUT2D eigenvalue weighted by Gasteiger charge is -2.35. The fourth-order valence-corrected chi connectivity index (χ4v) is 11.4. The van der Waals surface area contributed by atoms with Gasteiger partial charge in [-0.15, -0.1) is 11.3 Å². The maximum atomic E-state index is 14.2. The van der Waals surface area contributed by atoms with Gasteiger partial charge < -0.3 is 35.6 Å². The molecule has 1 unspecified atom stereocenters. The van der Waals surface area contributed by atoms with Gasteiger partial charge in [0.25, 0.3) is 5.91 Å². The molecule has 0 radical (unpaired) electrons. The number of nitrogens with one attached hydrogen (secondary N) is 4. The zero-order valence-corrected chi connectivity index (χ0v) is 44.0. The molecule has 9 rings (SSSR count). The first-order chi connectivity index (χ1) is 35.5. The number of anilines is 3. The Morgan fingerprint density at radius 2 is 1.59 bits per heavy atom. The fourth-order valence-electron chi connectivity index (χ4n) is 9.65.